The van der Waals surface area contributed by atoms with Crippen molar-refractivity contribution in [1.82, 2.24) is 5.32 Å². The summed E-state index contributed by atoms with van der Waals surface area (Å²) in [4.78, 5) is 14.4. The van der Waals surface area contributed by atoms with Gasteiger partial charge in [-0.05, 0) is 60.2 Å². The zero-order valence-corrected chi connectivity index (χ0v) is 16.8. The maximum absolute atomic E-state index is 13.8. The third-order valence-electron chi connectivity index (χ3n) is 5.28. The third-order valence-corrected chi connectivity index (χ3v) is 5.28. The number of hydrogen-bond donors (Lipinski definition) is 1. The number of urea groups is 1. The highest BCUT2D eigenvalue weighted by molar-refractivity contribution is 5.93. The molecule has 4 rings (SSSR count). The molecular formula is C25H25FN2O2. The summed E-state index contributed by atoms with van der Waals surface area (Å²) < 4.78 is 19.6. The molecule has 2 amide bonds. The first-order valence-electron chi connectivity index (χ1n) is 10.3. The number of fused-ring (bicyclic) bond motifs is 1. The Morgan fingerprint density at radius 2 is 1.77 bits per heavy atom. The van der Waals surface area contributed by atoms with Crippen molar-refractivity contribution in [3.8, 4) is 5.75 Å². The molecule has 154 valence electrons. The summed E-state index contributed by atoms with van der Waals surface area (Å²) >= 11 is 0. The maximum atomic E-state index is 13.8. The number of halogens is 1. The largest absolute Gasteiger partial charge is 0.489 e. The smallest absolute Gasteiger partial charge is 0.322 e. The molecule has 1 aliphatic heterocycles. The number of anilines is 1. The van der Waals surface area contributed by atoms with E-state index in [1.165, 1.54) is 12.1 Å². The molecule has 0 fully saturated rings. The molecule has 0 bridgehead atoms. The molecule has 1 aliphatic rings. The quantitative estimate of drug-likeness (QED) is 0.614. The minimum atomic E-state index is -0.320. The van der Waals surface area contributed by atoms with Gasteiger partial charge in [0.2, 0.25) is 0 Å². The fourth-order valence-electron chi connectivity index (χ4n) is 3.63. The van der Waals surface area contributed by atoms with Crippen molar-refractivity contribution in [3.05, 3.63) is 95.3 Å². The number of nitrogens with zero attached hydrogens (tertiary/aromatic N) is 1. The number of carbonyl (C=O) groups is 1. The van der Waals surface area contributed by atoms with Gasteiger partial charge < -0.3 is 10.1 Å². The van der Waals surface area contributed by atoms with Crippen LogP contribution in [-0.4, -0.2) is 12.6 Å². The second-order valence-corrected chi connectivity index (χ2v) is 7.46. The molecule has 0 radical (unpaired) electrons. The molecule has 0 saturated heterocycles. The number of amides is 2. The van der Waals surface area contributed by atoms with Gasteiger partial charge in [0.05, 0.1) is 5.69 Å². The first-order valence-corrected chi connectivity index (χ1v) is 10.3. The van der Waals surface area contributed by atoms with Crippen molar-refractivity contribution in [3.63, 3.8) is 0 Å². The molecule has 0 saturated carbocycles. The summed E-state index contributed by atoms with van der Waals surface area (Å²) in [7, 11) is 0. The normalized spacial score (nSPS) is 13.3. The number of aryl methyl sites for hydroxylation is 1. The maximum Gasteiger partial charge on any atom is 0.322 e. The molecule has 1 heterocycles. The van der Waals surface area contributed by atoms with E-state index >= 15 is 0 Å². The Kier molecular flexibility index (Phi) is 6.28. The molecule has 4 nitrogen and oxygen atoms in total. The summed E-state index contributed by atoms with van der Waals surface area (Å²) in [5.74, 6) is 0.463. The first-order chi connectivity index (χ1) is 14.7. The highest BCUT2D eigenvalue weighted by atomic mass is 19.1. The molecular weight excluding hydrogens is 379 g/mol. The number of hydrogen-bond acceptors (Lipinski definition) is 2. The van der Waals surface area contributed by atoms with Crippen LogP contribution in [0.1, 0.15) is 29.5 Å². The van der Waals surface area contributed by atoms with Crippen LogP contribution in [-0.2, 0) is 19.6 Å². The van der Waals surface area contributed by atoms with Crippen molar-refractivity contribution < 1.29 is 13.9 Å². The van der Waals surface area contributed by atoms with E-state index in [1.54, 1.807) is 11.0 Å². The number of benzene rings is 3. The molecule has 3 aromatic rings. The van der Waals surface area contributed by atoms with E-state index in [4.69, 9.17) is 4.74 Å². The van der Waals surface area contributed by atoms with Gasteiger partial charge in [0, 0.05) is 13.1 Å². The highest BCUT2D eigenvalue weighted by Gasteiger charge is 2.21. The lowest BCUT2D eigenvalue weighted by Gasteiger charge is -2.23. The predicted molar refractivity (Wildman–Crippen MR) is 116 cm³/mol. The van der Waals surface area contributed by atoms with Gasteiger partial charge in [-0.3, -0.25) is 4.90 Å². The molecule has 0 unspecified atom stereocenters. The molecule has 30 heavy (non-hydrogen) atoms. The fraction of sp³-hybridized carbons (Fsp3) is 0.240. The van der Waals surface area contributed by atoms with Gasteiger partial charge in [-0.15, -0.1) is 0 Å². The highest BCUT2D eigenvalue weighted by Crippen LogP contribution is 2.27. The standard InChI is InChI=1S/C25H25FN2O2/c26-22-12-11-21-8-4-5-15-28(24(21)16-22)25(29)27-17-19-9-13-23(14-10-19)30-18-20-6-2-1-3-7-20/h1-3,6-7,9-14,16H,4-5,8,15,17-18H2,(H,27,29). The van der Waals surface area contributed by atoms with Gasteiger partial charge in [-0.25, -0.2) is 9.18 Å². The summed E-state index contributed by atoms with van der Waals surface area (Å²) in [5.41, 5.74) is 3.78. The number of carbonyl (C=O) groups excluding carboxylic acids is 1. The van der Waals surface area contributed by atoms with Gasteiger partial charge in [-0.2, -0.15) is 0 Å². The second kappa shape index (κ2) is 9.44. The zero-order chi connectivity index (χ0) is 20.8. The van der Waals surface area contributed by atoms with E-state index in [9.17, 15) is 9.18 Å². The third kappa shape index (κ3) is 4.98. The minimum Gasteiger partial charge on any atom is -0.489 e. The molecule has 0 aliphatic carbocycles. The van der Waals surface area contributed by atoms with E-state index in [-0.39, 0.29) is 11.8 Å². The van der Waals surface area contributed by atoms with Crippen LogP contribution in [0.2, 0.25) is 0 Å². The number of nitrogens with one attached hydrogen (secondary N) is 1. The Balaban J connectivity index is 1.34. The van der Waals surface area contributed by atoms with E-state index < -0.39 is 0 Å². The van der Waals surface area contributed by atoms with Crippen molar-refractivity contribution in [2.24, 2.45) is 0 Å². The van der Waals surface area contributed by atoms with Crippen LogP contribution in [0.3, 0.4) is 0 Å². The van der Waals surface area contributed by atoms with Gasteiger partial charge in [-0.1, -0.05) is 48.5 Å². The first kappa shape index (κ1) is 20.0. The van der Waals surface area contributed by atoms with E-state index in [0.717, 1.165) is 41.7 Å². The zero-order valence-electron chi connectivity index (χ0n) is 16.8. The molecule has 0 atom stereocenters. The second-order valence-electron chi connectivity index (χ2n) is 7.46. The van der Waals surface area contributed by atoms with Crippen molar-refractivity contribution in [2.75, 3.05) is 11.4 Å². The van der Waals surface area contributed by atoms with Crippen LogP contribution in [0.5, 0.6) is 5.75 Å². The molecule has 0 aromatic heterocycles. The Morgan fingerprint density at radius 1 is 0.967 bits per heavy atom. The number of ether oxygens (including phenoxy) is 1. The summed E-state index contributed by atoms with van der Waals surface area (Å²) in [6, 6.07) is 22.2. The molecule has 3 aromatic carbocycles. The van der Waals surface area contributed by atoms with Crippen LogP contribution in [0.15, 0.2) is 72.8 Å². The van der Waals surface area contributed by atoms with Crippen LogP contribution >= 0.6 is 0 Å². The van der Waals surface area contributed by atoms with Crippen molar-refractivity contribution >= 4 is 11.7 Å². The van der Waals surface area contributed by atoms with Crippen LogP contribution in [0.4, 0.5) is 14.9 Å². The number of rotatable bonds is 5. The monoisotopic (exact) mass is 404 g/mol. The lowest BCUT2D eigenvalue weighted by Crippen LogP contribution is -2.40. The van der Waals surface area contributed by atoms with Crippen LogP contribution in [0, 0.1) is 5.82 Å². The van der Waals surface area contributed by atoms with Gasteiger partial charge in [0.15, 0.2) is 0 Å². The van der Waals surface area contributed by atoms with Gasteiger partial charge in [0.1, 0.15) is 18.2 Å². The Labute approximate surface area is 176 Å². The SMILES string of the molecule is O=C(NCc1ccc(OCc2ccccc2)cc1)N1CCCCc2ccc(F)cc21. The average Bonchev–Trinajstić information content (AvgIpc) is 2.99. The van der Waals surface area contributed by atoms with Crippen molar-refractivity contribution in [1.29, 1.82) is 0 Å². The summed E-state index contributed by atoms with van der Waals surface area (Å²) in [6.45, 7) is 1.51. The van der Waals surface area contributed by atoms with E-state index in [0.29, 0.717) is 25.4 Å². The van der Waals surface area contributed by atoms with Crippen LogP contribution in [0.25, 0.3) is 0 Å². The lowest BCUT2D eigenvalue weighted by atomic mass is 10.1. The van der Waals surface area contributed by atoms with E-state index in [1.807, 2.05) is 54.6 Å². The van der Waals surface area contributed by atoms with Crippen molar-refractivity contribution in [2.45, 2.75) is 32.4 Å². The average molecular weight is 404 g/mol. The van der Waals surface area contributed by atoms with E-state index in [2.05, 4.69) is 5.32 Å². The lowest BCUT2D eigenvalue weighted by molar-refractivity contribution is 0.246. The predicted octanol–water partition coefficient (Wildman–Crippen LogP) is 5.46. The Hall–Kier alpha value is -3.34. The van der Waals surface area contributed by atoms with Crippen LogP contribution < -0.4 is 15.0 Å². The molecule has 5 heteroatoms. The Bertz CT molecular complexity index is 990. The molecule has 1 N–H and O–H groups in total. The molecule has 0 spiro atoms. The Morgan fingerprint density at radius 3 is 2.57 bits per heavy atom. The topological polar surface area (TPSA) is 41.6 Å². The summed E-state index contributed by atoms with van der Waals surface area (Å²) in [6.07, 6.45) is 2.76. The minimum absolute atomic E-state index is 0.201. The fourth-order valence-corrected chi connectivity index (χ4v) is 3.63. The van der Waals surface area contributed by atoms with Gasteiger partial charge >= 0.3 is 6.03 Å². The van der Waals surface area contributed by atoms with Gasteiger partial charge in [0.25, 0.3) is 0 Å². The summed E-state index contributed by atoms with van der Waals surface area (Å²) in [5, 5.41) is 2.96.